The third-order valence-electron chi connectivity index (χ3n) is 3.98. The van der Waals surface area contributed by atoms with E-state index >= 15 is 0 Å². The van der Waals surface area contributed by atoms with Crippen molar-refractivity contribution < 1.29 is 9.18 Å². The lowest BCUT2D eigenvalue weighted by Gasteiger charge is -2.28. The Balaban J connectivity index is 2.06. The van der Waals surface area contributed by atoms with E-state index in [2.05, 4.69) is 10.6 Å². The molecule has 0 aliphatic carbocycles. The van der Waals surface area contributed by atoms with E-state index < -0.39 is 5.54 Å². The number of hydrogen-bond donors (Lipinski definition) is 2. The molecule has 19 heavy (non-hydrogen) atoms. The standard InChI is InChI=1S/C15H21FN2O/c1-3-15(8-5-9-17-15)14(19)18-11(2)12-6-4-7-13(16)10-12/h4,6-7,10-11,17H,3,5,8-9H2,1-2H3,(H,18,19)/t11-,15?/m1/s1. The Labute approximate surface area is 113 Å². The highest BCUT2D eigenvalue weighted by molar-refractivity contribution is 5.87. The van der Waals surface area contributed by atoms with Crippen molar-refractivity contribution in [3.05, 3.63) is 35.6 Å². The van der Waals surface area contributed by atoms with Crippen LogP contribution in [0.2, 0.25) is 0 Å². The highest BCUT2D eigenvalue weighted by Gasteiger charge is 2.39. The van der Waals surface area contributed by atoms with Gasteiger partial charge in [-0.2, -0.15) is 0 Å². The summed E-state index contributed by atoms with van der Waals surface area (Å²) in [5.74, 6) is -0.257. The lowest BCUT2D eigenvalue weighted by Crippen LogP contribution is -2.53. The zero-order chi connectivity index (χ0) is 13.9. The SMILES string of the molecule is CCC1(C(=O)N[C@H](C)c2cccc(F)c2)CCCN1. The summed E-state index contributed by atoms with van der Waals surface area (Å²) in [5, 5.41) is 6.29. The van der Waals surface area contributed by atoms with Crippen molar-refractivity contribution in [2.75, 3.05) is 6.54 Å². The van der Waals surface area contributed by atoms with E-state index in [0.717, 1.165) is 31.4 Å². The van der Waals surface area contributed by atoms with E-state index in [-0.39, 0.29) is 17.8 Å². The van der Waals surface area contributed by atoms with E-state index in [4.69, 9.17) is 0 Å². The van der Waals surface area contributed by atoms with E-state index in [0.29, 0.717) is 0 Å². The minimum atomic E-state index is -0.443. The molecule has 1 aromatic carbocycles. The Morgan fingerprint density at radius 2 is 2.37 bits per heavy atom. The molecule has 1 heterocycles. The Morgan fingerprint density at radius 3 is 2.95 bits per heavy atom. The van der Waals surface area contributed by atoms with Crippen molar-refractivity contribution in [2.45, 2.75) is 44.7 Å². The summed E-state index contributed by atoms with van der Waals surface area (Å²) >= 11 is 0. The average Bonchev–Trinajstić information content (AvgIpc) is 2.88. The fourth-order valence-corrected chi connectivity index (χ4v) is 2.66. The summed E-state index contributed by atoms with van der Waals surface area (Å²) in [6.45, 7) is 4.78. The van der Waals surface area contributed by atoms with Crippen LogP contribution in [0, 0.1) is 5.82 Å². The van der Waals surface area contributed by atoms with Crippen LogP contribution in [0.5, 0.6) is 0 Å². The van der Waals surface area contributed by atoms with Gasteiger partial charge in [-0.05, 0) is 50.4 Å². The topological polar surface area (TPSA) is 41.1 Å². The van der Waals surface area contributed by atoms with Crippen molar-refractivity contribution in [3.8, 4) is 0 Å². The van der Waals surface area contributed by atoms with Gasteiger partial charge in [-0.1, -0.05) is 19.1 Å². The molecular weight excluding hydrogens is 243 g/mol. The molecule has 2 atom stereocenters. The maximum absolute atomic E-state index is 13.2. The van der Waals surface area contributed by atoms with E-state index in [9.17, 15) is 9.18 Å². The molecular formula is C15H21FN2O. The third-order valence-corrected chi connectivity index (χ3v) is 3.98. The second-order valence-electron chi connectivity index (χ2n) is 5.22. The van der Waals surface area contributed by atoms with Crippen LogP contribution in [0.25, 0.3) is 0 Å². The van der Waals surface area contributed by atoms with Gasteiger partial charge in [0.05, 0.1) is 11.6 Å². The van der Waals surface area contributed by atoms with Crippen LogP contribution in [-0.2, 0) is 4.79 Å². The zero-order valence-corrected chi connectivity index (χ0v) is 11.5. The zero-order valence-electron chi connectivity index (χ0n) is 11.5. The van der Waals surface area contributed by atoms with Crippen LogP contribution < -0.4 is 10.6 Å². The lowest BCUT2D eigenvalue weighted by molar-refractivity contribution is -0.128. The molecule has 1 saturated heterocycles. The number of nitrogens with one attached hydrogen (secondary N) is 2. The number of carbonyl (C=O) groups excluding carboxylic acids is 1. The minimum absolute atomic E-state index is 0.0178. The average molecular weight is 264 g/mol. The summed E-state index contributed by atoms with van der Waals surface area (Å²) in [6, 6.07) is 6.18. The fourth-order valence-electron chi connectivity index (χ4n) is 2.66. The lowest BCUT2D eigenvalue weighted by atomic mass is 9.92. The molecule has 0 spiro atoms. The monoisotopic (exact) mass is 264 g/mol. The molecule has 0 aromatic heterocycles. The number of rotatable bonds is 4. The summed E-state index contributed by atoms with van der Waals surface area (Å²) < 4.78 is 13.2. The Bertz CT molecular complexity index is 455. The fraction of sp³-hybridized carbons (Fsp3) is 0.533. The molecule has 2 N–H and O–H groups in total. The minimum Gasteiger partial charge on any atom is -0.348 e. The smallest absolute Gasteiger partial charge is 0.240 e. The molecule has 1 aliphatic rings. The van der Waals surface area contributed by atoms with Crippen LogP contribution >= 0.6 is 0 Å². The van der Waals surface area contributed by atoms with Gasteiger partial charge in [0.25, 0.3) is 0 Å². The second kappa shape index (κ2) is 5.70. The molecule has 3 nitrogen and oxygen atoms in total. The first-order chi connectivity index (χ1) is 9.07. The second-order valence-corrected chi connectivity index (χ2v) is 5.22. The van der Waals surface area contributed by atoms with Gasteiger partial charge in [-0.25, -0.2) is 4.39 Å². The van der Waals surface area contributed by atoms with Crippen LogP contribution in [-0.4, -0.2) is 18.0 Å². The molecule has 1 aliphatic heterocycles. The van der Waals surface area contributed by atoms with Crippen LogP contribution in [0.15, 0.2) is 24.3 Å². The highest BCUT2D eigenvalue weighted by atomic mass is 19.1. The third kappa shape index (κ3) is 2.95. The Hall–Kier alpha value is -1.42. The van der Waals surface area contributed by atoms with Gasteiger partial charge < -0.3 is 10.6 Å². The van der Waals surface area contributed by atoms with E-state index in [1.54, 1.807) is 6.07 Å². The van der Waals surface area contributed by atoms with Crippen molar-refractivity contribution in [1.82, 2.24) is 10.6 Å². The van der Waals surface area contributed by atoms with E-state index in [1.807, 2.05) is 19.9 Å². The van der Waals surface area contributed by atoms with Gasteiger partial charge in [0.2, 0.25) is 5.91 Å². The van der Waals surface area contributed by atoms with Crippen LogP contribution in [0.1, 0.15) is 44.7 Å². The molecule has 1 fully saturated rings. The molecule has 0 bridgehead atoms. The number of benzene rings is 1. The van der Waals surface area contributed by atoms with Gasteiger partial charge >= 0.3 is 0 Å². The number of hydrogen-bond acceptors (Lipinski definition) is 2. The molecule has 4 heteroatoms. The number of amides is 1. The van der Waals surface area contributed by atoms with Gasteiger partial charge in [0, 0.05) is 0 Å². The van der Waals surface area contributed by atoms with Crippen molar-refractivity contribution in [2.24, 2.45) is 0 Å². The Kier molecular flexibility index (Phi) is 4.20. The maximum atomic E-state index is 13.2. The molecule has 1 unspecified atom stereocenters. The first-order valence-corrected chi connectivity index (χ1v) is 6.89. The normalized spacial score (nSPS) is 24.2. The summed E-state index contributed by atoms with van der Waals surface area (Å²) in [6.07, 6.45) is 2.66. The molecule has 0 radical (unpaired) electrons. The summed E-state index contributed by atoms with van der Waals surface area (Å²) in [7, 11) is 0. The van der Waals surface area contributed by atoms with Gasteiger partial charge in [-0.15, -0.1) is 0 Å². The molecule has 0 saturated carbocycles. The van der Waals surface area contributed by atoms with Crippen molar-refractivity contribution in [1.29, 1.82) is 0 Å². The predicted octanol–water partition coefficient (Wildman–Crippen LogP) is 2.54. The van der Waals surface area contributed by atoms with Gasteiger partial charge in [0.1, 0.15) is 5.82 Å². The molecule has 1 aromatic rings. The highest BCUT2D eigenvalue weighted by Crippen LogP contribution is 2.24. The number of carbonyl (C=O) groups is 1. The van der Waals surface area contributed by atoms with E-state index in [1.165, 1.54) is 12.1 Å². The first kappa shape index (κ1) is 14.0. The maximum Gasteiger partial charge on any atom is 0.240 e. The molecule has 1 amide bonds. The summed E-state index contributed by atoms with van der Waals surface area (Å²) in [4.78, 5) is 12.4. The van der Waals surface area contributed by atoms with Crippen molar-refractivity contribution in [3.63, 3.8) is 0 Å². The predicted molar refractivity (Wildman–Crippen MR) is 73.2 cm³/mol. The summed E-state index contributed by atoms with van der Waals surface area (Å²) in [5.41, 5.74) is 0.347. The van der Waals surface area contributed by atoms with Gasteiger partial charge in [-0.3, -0.25) is 4.79 Å². The quantitative estimate of drug-likeness (QED) is 0.877. The van der Waals surface area contributed by atoms with Gasteiger partial charge in [0.15, 0.2) is 0 Å². The van der Waals surface area contributed by atoms with Crippen molar-refractivity contribution >= 4 is 5.91 Å². The largest absolute Gasteiger partial charge is 0.348 e. The molecule has 2 rings (SSSR count). The van der Waals surface area contributed by atoms with Crippen LogP contribution in [0.4, 0.5) is 4.39 Å². The Morgan fingerprint density at radius 1 is 1.58 bits per heavy atom. The van der Waals surface area contributed by atoms with Crippen LogP contribution in [0.3, 0.4) is 0 Å². The first-order valence-electron chi connectivity index (χ1n) is 6.89. The molecule has 104 valence electrons. The number of halogens is 1.